The van der Waals surface area contributed by atoms with Gasteiger partial charge in [-0.2, -0.15) is 0 Å². The summed E-state index contributed by atoms with van der Waals surface area (Å²) in [5.41, 5.74) is 0. The Morgan fingerprint density at radius 1 is 0.462 bits per heavy atom. The average Bonchev–Trinajstić information content (AvgIpc) is 3.15. The Balaban J connectivity index is 3.75. The number of hydrogen-bond acceptors (Lipinski definition) is 5. The van der Waals surface area contributed by atoms with Gasteiger partial charge in [0.15, 0.2) is 0 Å². The lowest BCUT2D eigenvalue weighted by Crippen LogP contribution is -2.53. The van der Waals surface area contributed by atoms with Crippen LogP contribution < -0.4 is 5.32 Å². The van der Waals surface area contributed by atoms with Crippen molar-refractivity contribution >= 4 is 5.91 Å². The summed E-state index contributed by atoms with van der Waals surface area (Å²) in [5.74, 6) is -0.609. The van der Waals surface area contributed by atoms with E-state index >= 15 is 0 Å². The normalized spacial score (nSPS) is 14.5. The van der Waals surface area contributed by atoms with E-state index < -0.39 is 36.9 Å². The van der Waals surface area contributed by atoms with E-state index in [0.717, 1.165) is 57.8 Å². The Bertz CT molecular complexity index is 828. The average molecular weight is 734 g/mol. The minimum absolute atomic E-state index is 0.344. The molecule has 306 valence electrons. The van der Waals surface area contributed by atoms with Gasteiger partial charge in [-0.05, 0) is 77.0 Å². The summed E-state index contributed by atoms with van der Waals surface area (Å²) >= 11 is 0. The molecule has 0 aromatic carbocycles. The van der Waals surface area contributed by atoms with Crippen molar-refractivity contribution in [2.45, 2.75) is 244 Å². The molecular weight excluding hydrogens is 647 g/mol. The molecule has 0 fully saturated rings. The van der Waals surface area contributed by atoms with Crippen LogP contribution >= 0.6 is 0 Å². The molecule has 0 radical (unpaired) electrons. The molecule has 0 saturated heterocycles. The van der Waals surface area contributed by atoms with Gasteiger partial charge >= 0.3 is 0 Å². The van der Waals surface area contributed by atoms with Gasteiger partial charge in [0, 0.05) is 0 Å². The molecule has 0 heterocycles. The van der Waals surface area contributed by atoms with Gasteiger partial charge in [-0.15, -0.1) is 0 Å². The molecule has 0 aromatic rings. The fourth-order valence-corrected chi connectivity index (χ4v) is 6.71. The third-order valence-corrected chi connectivity index (χ3v) is 10.3. The highest BCUT2D eigenvalue weighted by molar-refractivity contribution is 5.80. The molecule has 0 spiro atoms. The summed E-state index contributed by atoms with van der Waals surface area (Å²) in [6, 6.07) is -1.01. The Morgan fingerprint density at radius 2 is 0.808 bits per heavy atom. The van der Waals surface area contributed by atoms with Gasteiger partial charge in [-0.3, -0.25) is 4.79 Å². The van der Waals surface area contributed by atoms with Gasteiger partial charge in [0.1, 0.15) is 12.2 Å². The second kappa shape index (κ2) is 40.7. The molecule has 5 N–H and O–H groups in total. The van der Waals surface area contributed by atoms with Gasteiger partial charge in [0.25, 0.3) is 0 Å². The van der Waals surface area contributed by atoms with Crippen molar-refractivity contribution in [2.75, 3.05) is 6.61 Å². The number of aliphatic hydroxyl groups excluding tert-OH is 4. The lowest BCUT2D eigenvalue weighted by atomic mass is 10.00. The van der Waals surface area contributed by atoms with Gasteiger partial charge < -0.3 is 25.7 Å². The second-order valence-electron chi connectivity index (χ2n) is 15.4. The first kappa shape index (κ1) is 50.5. The first-order chi connectivity index (χ1) is 25.5. The minimum Gasteiger partial charge on any atom is -0.394 e. The molecule has 1 amide bonds. The predicted molar refractivity (Wildman–Crippen MR) is 224 cm³/mol. The number of aliphatic hydroxyl groups is 4. The van der Waals surface area contributed by atoms with Crippen LogP contribution in [0, 0.1) is 0 Å². The highest BCUT2D eigenvalue weighted by Crippen LogP contribution is 2.15. The van der Waals surface area contributed by atoms with Crippen LogP contribution in [0.1, 0.15) is 219 Å². The lowest BCUT2D eigenvalue weighted by Gasteiger charge is -2.27. The maximum atomic E-state index is 12.4. The van der Waals surface area contributed by atoms with Crippen molar-refractivity contribution in [3.05, 3.63) is 36.5 Å². The molecule has 0 aromatic heterocycles. The van der Waals surface area contributed by atoms with Crippen LogP contribution in [0.5, 0.6) is 0 Å². The van der Waals surface area contributed by atoms with Crippen LogP contribution in [0.25, 0.3) is 0 Å². The van der Waals surface area contributed by atoms with Gasteiger partial charge in [-0.1, -0.05) is 179 Å². The molecule has 0 aliphatic carbocycles. The van der Waals surface area contributed by atoms with E-state index in [0.29, 0.717) is 19.3 Å². The Kier molecular flexibility index (Phi) is 39.6. The molecule has 52 heavy (non-hydrogen) atoms. The first-order valence-corrected chi connectivity index (χ1v) is 22.4. The largest absolute Gasteiger partial charge is 0.394 e. The number of rotatable bonds is 40. The van der Waals surface area contributed by atoms with E-state index in [4.69, 9.17) is 0 Å². The number of hydrogen-bond donors (Lipinski definition) is 5. The molecule has 0 bridgehead atoms. The van der Waals surface area contributed by atoms with E-state index in [-0.39, 0.29) is 0 Å². The number of carbonyl (C=O) groups excluding carboxylic acids is 1. The number of amides is 1. The molecule has 0 rings (SSSR count). The smallest absolute Gasteiger partial charge is 0.249 e. The van der Waals surface area contributed by atoms with E-state index in [1.54, 1.807) is 0 Å². The van der Waals surface area contributed by atoms with E-state index in [9.17, 15) is 25.2 Å². The zero-order chi connectivity index (χ0) is 38.2. The van der Waals surface area contributed by atoms with Crippen molar-refractivity contribution < 1.29 is 25.2 Å². The summed E-state index contributed by atoms with van der Waals surface area (Å²) in [6.45, 7) is 3.99. The lowest BCUT2D eigenvalue weighted by molar-refractivity contribution is -0.132. The van der Waals surface area contributed by atoms with Gasteiger partial charge in [0.2, 0.25) is 5.91 Å². The molecule has 4 unspecified atom stereocenters. The standard InChI is InChI=1S/C46H87NO5/c1-3-5-7-9-11-13-15-16-17-18-19-20-21-22-23-24-25-26-27-28-30-31-33-35-37-39-43(49)45(51)42(41-48)47-46(52)44(50)40-38-36-34-32-29-14-12-10-8-6-4-2/h12,14,26-27,31,33,42-45,48-51H,3-11,13,15-25,28-30,32,34-41H2,1-2H3,(H,47,52)/b14-12-,27-26+,33-31+. The van der Waals surface area contributed by atoms with Crippen LogP contribution in [-0.2, 0) is 4.79 Å². The van der Waals surface area contributed by atoms with Crippen LogP contribution in [0.3, 0.4) is 0 Å². The molecule has 0 aliphatic rings. The topological polar surface area (TPSA) is 110 Å². The van der Waals surface area contributed by atoms with Gasteiger partial charge in [-0.25, -0.2) is 0 Å². The molecular formula is C46H87NO5. The number of carbonyl (C=O) groups is 1. The van der Waals surface area contributed by atoms with Crippen LogP contribution in [0.4, 0.5) is 0 Å². The Morgan fingerprint density at radius 3 is 1.25 bits per heavy atom. The fraction of sp³-hybridized carbons (Fsp3) is 0.848. The molecule has 0 saturated carbocycles. The summed E-state index contributed by atoms with van der Waals surface area (Å²) in [6.07, 6.45) is 47.7. The number of nitrogens with one attached hydrogen (secondary N) is 1. The second-order valence-corrected chi connectivity index (χ2v) is 15.4. The van der Waals surface area contributed by atoms with Crippen molar-refractivity contribution in [3.8, 4) is 0 Å². The zero-order valence-corrected chi connectivity index (χ0v) is 34.3. The monoisotopic (exact) mass is 734 g/mol. The summed E-state index contributed by atoms with van der Waals surface area (Å²) < 4.78 is 0. The molecule has 4 atom stereocenters. The van der Waals surface area contributed by atoms with Crippen molar-refractivity contribution in [3.63, 3.8) is 0 Å². The predicted octanol–water partition coefficient (Wildman–Crippen LogP) is 11.7. The molecule has 6 heteroatoms. The van der Waals surface area contributed by atoms with Crippen molar-refractivity contribution in [1.29, 1.82) is 0 Å². The van der Waals surface area contributed by atoms with Crippen LogP contribution in [-0.4, -0.2) is 57.3 Å². The maximum absolute atomic E-state index is 12.4. The number of allylic oxidation sites excluding steroid dienone is 6. The zero-order valence-electron chi connectivity index (χ0n) is 34.3. The molecule has 6 nitrogen and oxygen atoms in total. The highest BCUT2D eigenvalue weighted by atomic mass is 16.3. The quantitative estimate of drug-likeness (QED) is 0.0318. The summed E-state index contributed by atoms with van der Waals surface area (Å²) in [5, 5.41) is 43.5. The van der Waals surface area contributed by atoms with E-state index in [1.165, 1.54) is 128 Å². The number of unbranched alkanes of at least 4 members (excludes halogenated alkanes) is 25. The maximum Gasteiger partial charge on any atom is 0.249 e. The third-order valence-electron chi connectivity index (χ3n) is 10.3. The summed E-state index contributed by atoms with van der Waals surface area (Å²) in [4.78, 5) is 12.4. The minimum atomic E-state index is -1.29. The fourth-order valence-electron chi connectivity index (χ4n) is 6.71. The van der Waals surface area contributed by atoms with Gasteiger partial charge in [0.05, 0.1) is 18.8 Å². The van der Waals surface area contributed by atoms with E-state index in [2.05, 4.69) is 55.6 Å². The SMILES string of the molecule is CCCCC/C=C\CCCCCCC(O)C(=O)NC(CO)C(O)C(O)CCC/C=C/CC/C=C/CCCCCCCCCCCCCCCCCC. The van der Waals surface area contributed by atoms with Crippen molar-refractivity contribution in [2.24, 2.45) is 0 Å². The summed E-state index contributed by atoms with van der Waals surface area (Å²) in [7, 11) is 0. The Hall–Kier alpha value is -1.47. The van der Waals surface area contributed by atoms with Crippen LogP contribution in [0.15, 0.2) is 36.5 Å². The first-order valence-electron chi connectivity index (χ1n) is 22.4. The molecule has 0 aliphatic heterocycles. The highest BCUT2D eigenvalue weighted by Gasteiger charge is 2.28. The van der Waals surface area contributed by atoms with Crippen molar-refractivity contribution in [1.82, 2.24) is 5.32 Å². The van der Waals surface area contributed by atoms with Crippen LogP contribution in [0.2, 0.25) is 0 Å². The van der Waals surface area contributed by atoms with E-state index in [1.807, 2.05) is 0 Å². The Labute approximate surface area is 322 Å². The third kappa shape index (κ3) is 34.3.